The Morgan fingerprint density at radius 1 is 1.43 bits per heavy atom. The Kier molecular flexibility index (Phi) is 3.81. The zero-order valence-corrected chi connectivity index (χ0v) is 8.77. The number of hydrogen-bond donors (Lipinski definition) is 0. The molecule has 0 aliphatic carbocycles. The molecule has 0 aromatic carbocycles. The van der Waals surface area contributed by atoms with Crippen molar-refractivity contribution >= 4 is 0 Å². The highest BCUT2D eigenvalue weighted by Crippen LogP contribution is 2.33. The van der Waals surface area contributed by atoms with Gasteiger partial charge in [0.05, 0.1) is 5.92 Å². The Morgan fingerprint density at radius 3 is 2.57 bits per heavy atom. The summed E-state index contributed by atoms with van der Waals surface area (Å²) in [5.74, 6) is -1.11. The highest BCUT2D eigenvalue weighted by Gasteiger charge is 2.42. The molecule has 0 bridgehead atoms. The molecule has 0 aromatic rings. The van der Waals surface area contributed by atoms with Crippen LogP contribution in [-0.4, -0.2) is 30.2 Å². The van der Waals surface area contributed by atoms with E-state index in [2.05, 4.69) is 0 Å². The van der Waals surface area contributed by atoms with Crippen molar-refractivity contribution in [3.63, 3.8) is 0 Å². The predicted molar refractivity (Wildman–Crippen MR) is 50.1 cm³/mol. The van der Waals surface area contributed by atoms with Crippen molar-refractivity contribution in [3.05, 3.63) is 0 Å². The summed E-state index contributed by atoms with van der Waals surface area (Å²) < 4.78 is 37.4. The molecule has 1 saturated heterocycles. The summed E-state index contributed by atoms with van der Waals surface area (Å²) in [5, 5.41) is 0. The van der Waals surface area contributed by atoms with Gasteiger partial charge in [-0.2, -0.15) is 13.2 Å². The van der Waals surface area contributed by atoms with E-state index in [-0.39, 0.29) is 12.6 Å². The molecule has 1 heterocycles. The molecule has 4 heteroatoms. The quantitative estimate of drug-likeness (QED) is 0.675. The van der Waals surface area contributed by atoms with Crippen LogP contribution in [0.25, 0.3) is 0 Å². The van der Waals surface area contributed by atoms with Crippen molar-refractivity contribution in [1.82, 2.24) is 4.90 Å². The zero-order valence-electron chi connectivity index (χ0n) is 8.77. The van der Waals surface area contributed by atoms with Crippen LogP contribution in [0.1, 0.15) is 33.1 Å². The van der Waals surface area contributed by atoms with Gasteiger partial charge in [-0.3, -0.25) is 0 Å². The van der Waals surface area contributed by atoms with Crippen LogP contribution in [-0.2, 0) is 0 Å². The van der Waals surface area contributed by atoms with Gasteiger partial charge in [-0.05, 0) is 32.7 Å². The maximum atomic E-state index is 12.5. The van der Waals surface area contributed by atoms with Crippen LogP contribution < -0.4 is 0 Å². The Bertz CT molecular complexity index is 179. The van der Waals surface area contributed by atoms with Crippen molar-refractivity contribution in [2.75, 3.05) is 13.1 Å². The van der Waals surface area contributed by atoms with E-state index in [0.29, 0.717) is 12.8 Å². The standard InChI is InChI=1S/C10H18F3N/c1-3-8(2)14-6-4-5-9(7-14)10(11,12)13/h8-9H,3-7H2,1-2H3. The van der Waals surface area contributed by atoms with E-state index in [1.54, 1.807) is 0 Å². The molecule has 0 aromatic heterocycles. The summed E-state index contributed by atoms with van der Waals surface area (Å²) >= 11 is 0. The van der Waals surface area contributed by atoms with E-state index in [4.69, 9.17) is 0 Å². The zero-order chi connectivity index (χ0) is 10.8. The Morgan fingerprint density at radius 2 is 2.07 bits per heavy atom. The lowest BCUT2D eigenvalue weighted by Crippen LogP contribution is -2.45. The first-order valence-electron chi connectivity index (χ1n) is 5.26. The number of piperidine rings is 1. The molecule has 0 amide bonds. The molecule has 1 aliphatic rings. The number of nitrogens with zero attached hydrogens (tertiary/aromatic N) is 1. The second-order valence-corrected chi connectivity index (χ2v) is 4.13. The van der Waals surface area contributed by atoms with Gasteiger partial charge in [0, 0.05) is 12.6 Å². The number of rotatable bonds is 2. The lowest BCUT2D eigenvalue weighted by atomic mass is 9.96. The molecule has 1 rings (SSSR count). The van der Waals surface area contributed by atoms with Crippen LogP contribution in [0.15, 0.2) is 0 Å². The molecule has 84 valence electrons. The Hall–Kier alpha value is -0.250. The number of halogens is 3. The van der Waals surface area contributed by atoms with E-state index in [0.717, 1.165) is 13.0 Å². The normalized spacial score (nSPS) is 27.6. The Balaban J connectivity index is 2.52. The second kappa shape index (κ2) is 4.51. The van der Waals surface area contributed by atoms with Crippen molar-refractivity contribution in [2.24, 2.45) is 5.92 Å². The van der Waals surface area contributed by atoms with Gasteiger partial charge in [0.1, 0.15) is 0 Å². The van der Waals surface area contributed by atoms with E-state index in [9.17, 15) is 13.2 Å². The van der Waals surface area contributed by atoms with E-state index < -0.39 is 12.1 Å². The first-order chi connectivity index (χ1) is 6.45. The van der Waals surface area contributed by atoms with Gasteiger partial charge in [-0.15, -0.1) is 0 Å². The maximum Gasteiger partial charge on any atom is 0.393 e. The molecule has 1 nitrogen and oxygen atoms in total. The Labute approximate surface area is 83.3 Å². The molecular weight excluding hydrogens is 191 g/mol. The van der Waals surface area contributed by atoms with Gasteiger partial charge in [0.25, 0.3) is 0 Å². The summed E-state index contributed by atoms with van der Waals surface area (Å²) in [6, 6.07) is 0.278. The number of hydrogen-bond acceptors (Lipinski definition) is 1. The van der Waals surface area contributed by atoms with Crippen molar-refractivity contribution < 1.29 is 13.2 Å². The molecule has 2 atom stereocenters. The topological polar surface area (TPSA) is 3.24 Å². The van der Waals surface area contributed by atoms with Crippen LogP contribution in [0, 0.1) is 5.92 Å². The fourth-order valence-electron chi connectivity index (χ4n) is 1.93. The second-order valence-electron chi connectivity index (χ2n) is 4.13. The van der Waals surface area contributed by atoms with Crippen LogP contribution in [0.2, 0.25) is 0 Å². The highest BCUT2D eigenvalue weighted by molar-refractivity contribution is 4.80. The minimum Gasteiger partial charge on any atom is -0.300 e. The first kappa shape index (κ1) is 11.8. The van der Waals surface area contributed by atoms with Crippen LogP contribution >= 0.6 is 0 Å². The summed E-state index contributed by atoms with van der Waals surface area (Å²) in [4.78, 5) is 1.96. The molecular formula is C10H18F3N. The van der Waals surface area contributed by atoms with E-state index in [1.165, 1.54) is 0 Å². The van der Waals surface area contributed by atoms with Gasteiger partial charge in [-0.25, -0.2) is 0 Å². The number of alkyl halides is 3. The molecule has 0 radical (unpaired) electrons. The van der Waals surface area contributed by atoms with Gasteiger partial charge in [0.15, 0.2) is 0 Å². The highest BCUT2D eigenvalue weighted by atomic mass is 19.4. The van der Waals surface area contributed by atoms with Gasteiger partial charge < -0.3 is 4.90 Å². The minimum atomic E-state index is -4.01. The van der Waals surface area contributed by atoms with Crippen LogP contribution in [0.3, 0.4) is 0 Å². The molecule has 14 heavy (non-hydrogen) atoms. The smallest absolute Gasteiger partial charge is 0.300 e. The predicted octanol–water partition coefficient (Wildman–Crippen LogP) is 3.06. The van der Waals surface area contributed by atoms with Gasteiger partial charge >= 0.3 is 6.18 Å². The first-order valence-corrected chi connectivity index (χ1v) is 5.26. The largest absolute Gasteiger partial charge is 0.393 e. The molecule has 2 unspecified atom stereocenters. The average Bonchev–Trinajstić information content (AvgIpc) is 2.15. The summed E-state index contributed by atoms with van der Waals surface area (Å²) in [6.45, 7) is 5.03. The maximum absolute atomic E-state index is 12.5. The average molecular weight is 209 g/mol. The lowest BCUT2D eigenvalue weighted by molar-refractivity contribution is -0.188. The van der Waals surface area contributed by atoms with Crippen molar-refractivity contribution in [3.8, 4) is 0 Å². The fraction of sp³-hybridized carbons (Fsp3) is 1.00. The van der Waals surface area contributed by atoms with Crippen molar-refractivity contribution in [1.29, 1.82) is 0 Å². The summed E-state index contributed by atoms with van der Waals surface area (Å²) in [5.41, 5.74) is 0. The van der Waals surface area contributed by atoms with Gasteiger partial charge in [0.2, 0.25) is 0 Å². The van der Waals surface area contributed by atoms with Gasteiger partial charge in [-0.1, -0.05) is 6.92 Å². The minimum absolute atomic E-state index is 0.193. The fourth-order valence-corrected chi connectivity index (χ4v) is 1.93. The monoisotopic (exact) mass is 209 g/mol. The molecule has 0 spiro atoms. The SMILES string of the molecule is CCC(C)N1CCCC(C(F)(F)F)C1. The third-order valence-electron chi connectivity index (χ3n) is 3.13. The van der Waals surface area contributed by atoms with E-state index >= 15 is 0 Å². The lowest BCUT2D eigenvalue weighted by Gasteiger charge is -2.37. The summed E-state index contributed by atoms with van der Waals surface area (Å²) in [6.07, 6.45) is -2.11. The third kappa shape index (κ3) is 2.87. The molecule has 1 aliphatic heterocycles. The molecule has 0 N–H and O–H groups in total. The van der Waals surface area contributed by atoms with Crippen LogP contribution in [0.4, 0.5) is 13.2 Å². The van der Waals surface area contributed by atoms with Crippen molar-refractivity contribution in [2.45, 2.75) is 45.3 Å². The molecule has 0 saturated carbocycles. The van der Waals surface area contributed by atoms with E-state index in [1.807, 2.05) is 18.7 Å². The number of likely N-dealkylation sites (tertiary alicyclic amines) is 1. The third-order valence-corrected chi connectivity index (χ3v) is 3.13. The van der Waals surface area contributed by atoms with Crippen LogP contribution in [0.5, 0.6) is 0 Å². The summed E-state index contributed by atoms with van der Waals surface area (Å²) in [7, 11) is 0. The molecule has 1 fully saturated rings.